The van der Waals surface area contributed by atoms with Gasteiger partial charge in [0.05, 0.1) is 11.3 Å². The SMILES string of the molecule is NC(=O)c1cc(F)ccc1NC(=O)CCl. The van der Waals surface area contributed by atoms with Crippen molar-refractivity contribution in [3.05, 3.63) is 29.6 Å². The lowest BCUT2D eigenvalue weighted by Gasteiger charge is -2.07. The molecule has 0 fully saturated rings. The molecule has 2 amide bonds. The monoisotopic (exact) mass is 230 g/mol. The number of rotatable bonds is 3. The van der Waals surface area contributed by atoms with Crippen LogP contribution in [0.15, 0.2) is 18.2 Å². The summed E-state index contributed by atoms with van der Waals surface area (Å²) in [6, 6.07) is 3.31. The average Bonchev–Trinajstić information content (AvgIpc) is 2.20. The highest BCUT2D eigenvalue weighted by atomic mass is 35.5. The smallest absolute Gasteiger partial charge is 0.250 e. The van der Waals surface area contributed by atoms with Gasteiger partial charge >= 0.3 is 0 Å². The number of primary amides is 1. The maximum atomic E-state index is 12.8. The van der Waals surface area contributed by atoms with Gasteiger partial charge in [-0.15, -0.1) is 11.6 Å². The Morgan fingerprint density at radius 1 is 1.47 bits per heavy atom. The number of nitrogens with two attached hydrogens (primary N) is 1. The van der Waals surface area contributed by atoms with E-state index in [2.05, 4.69) is 5.32 Å². The van der Waals surface area contributed by atoms with E-state index < -0.39 is 17.6 Å². The van der Waals surface area contributed by atoms with Gasteiger partial charge in [-0.1, -0.05) is 0 Å². The minimum absolute atomic E-state index is 0.0894. The van der Waals surface area contributed by atoms with Crippen LogP contribution in [0.2, 0.25) is 0 Å². The van der Waals surface area contributed by atoms with Crippen LogP contribution in [0.1, 0.15) is 10.4 Å². The second-order valence-electron chi connectivity index (χ2n) is 2.74. The molecule has 0 saturated carbocycles. The van der Waals surface area contributed by atoms with Crippen LogP contribution >= 0.6 is 11.6 Å². The summed E-state index contributed by atoms with van der Waals surface area (Å²) in [5.41, 5.74) is 5.07. The Hall–Kier alpha value is -1.62. The molecule has 0 heterocycles. The fourth-order valence-electron chi connectivity index (χ4n) is 1.01. The normalized spacial score (nSPS) is 9.73. The zero-order valence-corrected chi connectivity index (χ0v) is 8.34. The van der Waals surface area contributed by atoms with Crippen molar-refractivity contribution in [2.24, 2.45) is 5.73 Å². The number of carbonyl (C=O) groups is 2. The second-order valence-corrected chi connectivity index (χ2v) is 3.00. The van der Waals surface area contributed by atoms with Gasteiger partial charge in [-0.25, -0.2) is 4.39 Å². The number of nitrogens with one attached hydrogen (secondary N) is 1. The van der Waals surface area contributed by atoms with Crippen LogP contribution in [-0.2, 0) is 4.79 Å². The highest BCUT2D eigenvalue weighted by Gasteiger charge is 2.11. The summed E-state index contributed by atoms with van der Waals surface area (Å²) >= 11 is 5.26. The van der Waals surface area contributed by atoms with E-state index in [-0.39, 0.29) is 17.1 Å². The molecule has 0 aliphatic rings. The van der Waals surface area contributed by atoms with Crippen LogP contribution in [-0.4, -0.2) is 17.7 Å². The number of amides is 2. The maximum Gasteiger partial charge on any atom is 0.250 e. The van der Waals surface area contributed by atoms with Crippen LogP contribution in [0.25, 0.3) is 0 Å². The van der Waals surface area contributed by atoms with E-state index in [0.29, 0.717) is 0 Å². The van der Waals surface area contributed by atoms with Gasteiger partial charge in [0.15, 0.2) is 0 Å². The van der Waals surface area contributed by atoms with Gasteiger partial charge in [-0.2, -0.15) is 0 Å². The van der Waals surface area contributed by atoms with E-state index in [1.807, 2.05) is 0 Å². The highest BCUT2D eigenvalue weighted by molar-refractivity contribution is 6.29. The van der Waals surface area contributed by atoms with Gasteiger partial charge in [0, 0.05) is 0 Å². The van der Waals surface area contributed by atoms with E-state index in [1.165, 1.54) is 6.07 Å². The number of alkyl halides is 1. The van der Waals surface area contributed by atoms with Crippen molar-refractivity contribution in [2.45, 2.75) is 0 Å². The molecule has 0 radical (unpaired) electrons. The summed E-state index contributed by atoms with van der Waals surface area (Å²) < 4.78 is 12.8. The van der Waals surface area contributed by atoms with Crippen molar-refractivity contribution < 1.29 is 14.0 Å². The van der Waals surface area contributed by atoms with E-state index in [9.17, 15) is 14.0 Å². The summed E-state index contributed by atoms with van der Waals surface area (Å²) in [5, 5.41) is 2.33. The van der Waals surface area contributed by atoms with Gasteiger partial charge in [0.1, 0.15) is 11.7 Å². The van der Waals surface area contributed by atoms with E-state index in [4.69, 9.17) is 17.3 Å². The van der Waals surface area contributed by atoms with Crippen LogP contribution in [0.4, 0.5) is 10.1 Å². The van der Waals surface area contributed by atoms with E-state index >= 15 is 0 Å². The topological polar surface area (TPSA) is 72.2 Å². The predicted molar refractivity (Wildman–Crippen MR) is 54.3 cm³/mol. The molecule has 1 aromatic carbocycles. The first kappa shape index (κ1) is 11.5. The minimum Gasteiger partial charge on any atom is -0.366 e. The second kappa shape index (κ2) is 4.75. The Morgan fingerprint density at radius 2 is 2.13 bits per heavy atom. The molecule has 0 aromatic heterocycles. The Balaban J connectivity index is 3.06. The van der Waals surface area contributed by atoms with Crippen molar-refractivity contribution in [3.63, 3.8) is 0 Å². The Kier molecular flexibility index (Phi) is 3.62. The summed E-state index contributed by atoms with van der Waals surface area (Å²) in [5.74, 6) is -2.17. The summed E-state index contributed by atoms with van der Waals surface area (Å²) in [7, 11) is 0. The van der Waals surface area contributed by atoms with E-state index in [0.717, 1.165) is 12.1 Å². The summed E-state index contributed by atoms with van der Waals surface area (Å²) in [6.45, 7) is 0. The van der Waals surface area contributed by atoms with E-state index in [1.54, 1.807) is 0 Å². The number of carbonyl (C=O) groups excluding carboxylic acids is 2. The zero-order chi connectivity index (χ0) is 11.4. The van der Waals surface area contributed by atoms with Crippen LogP contribution in [0.3, 0.4) is 0 Å². The third-order valence-electron chi connectivity index (χ3n) is 1.64. The highest BCUT2D eigenvalue weighted by Crippen LogP contribution is 2.16. The minimum atomic E-state index is -0.820. The molecule has 0 saturated heterocycles. The Morgan fingerprint density at radius 3 is 2.67 bits per heavy atom. The van der Waals surface area contributed by atoms with Gasteiger partial charge in [-0.05, 0) is 18.2 Å². The lowest BCUT2D eigenvalue weighted by Crippen LogP contribution is -2.19. The first-order chi connectivity index (χ1) is 7.04. The lowest BCUT2D eigenvalue weighted by atomic mass is 10.1. The lowest BCUT2D eigenvalue weighted by molar-refractivity contribution is -0.113. The molecule has 0 atom stereocenters. The first-order valence-electron chi connectivity index (χ1n) is 3.99. The van der Waals surface area contributed by atoms with Gasteiger partial charge in [0.25, 0.3) is 5.91 Å². The molecule has 0 aliphatic carbocycles. The van der Waals surface area contributed by atoms with Crippen molar-refractivity contribution in [1.82, 2.24) is 0 Å². The van der Waals surface area contributed by atoms with Gasteiger partial charge in [0.2, 0.25) is 5.91 Å². The Labute approximate surface area is 90.2 Å². The Bertz CT molecular complexity index is 409. The van der Waals surface area contributed by atoms with Gasteiger partial charge in [-0.3, -0.25) is 9.59 Å². The molecule has 4 nitrogen and oxygen atoms in total. The van der Waals surface area contributed by atoms with Crippen LogP contribution < -0.4 is 11.1 Å². The molecule has 0 spiro atoms. The third kappa shape index (κ3) is 2.92. The van der Waals surface area contributed by atoms with Crippen molar-refractivity contribution in [1.29, 1.82) is 0 Å². The molecular formula is C9H8ClFN2O2. The molecule has 80 valence electrons. The number of benzene rings is 1. The number of halogens is 2. The van der Waals surface area contributed by atoms with Crippen molar-refractivity contribution >= 4 is 29.1 Å². The summed E-state index contributed by atoms with van der Waals surface area (Å²) in [4.78, 5) is 21.9. The largest absolute Gasteiger partial charge is 0.366 e. The molecule has 0 bridgehead atoms. The number of anilines is 1. The molecule has 1 aromatic rings. The van der Waals surface area contributed by atoms with Crippen LogP contribution in [0.5, 0.6) is 0 Å². The number of hydrogen-bond acceptors (Lipinski definition) is 2. The quantitative estimate of drug-likeness (QED) is 0.764. The van der Waals surface area contributed by atoms with Crippen LogP contribution in [0, 0.1) is 5.82 Å². The predicted octanol–water partition coefficient (Wildman–Crippen LogP) is 1.10. The van der Waals surface area contributed by atoms with Crippen molar-refractivity contribution in [3.8, 4) is 0 Å². The standard InChI is InChI=1S/C9H8ClFN2O2/c10-4-8(14)13-7-2-1-5(11)3-6(7)9(12)15/h1-3H,4H2,(H2,12,15)(H,13,14). The average molecular weight is 231 g/mol. The fourth-order valence-corrected chi connectivity index (χ4v) is 1.08. The third-order valence-corrected chi connectivity index (χ3v) is 1.89. The molecule has 15 heavy (non-hydrogen) atoms. The van der Waals surface area contributed by atoms with Gasteiger partial charge < -0.3 is 11.1 Å². The number of hydrogen-bond donors (Lipinski definition) is 2. The summed E-state index contributed by atoms with van der Waals surface area (Å²) in [6.07, 6.45) is 0. The maximum absolute atomic E-state index is 12.8. The fraction of sp³-hybridized carbons (Fsp3) is 0.111. The molecule has 3 N–H and O–H groups in total. The molecule has 0 aliphatic heterocycles. The molecule has 6 heteroatoms. The first-order valence-corrected chi connectivity index (χ1v) is 4.53. The molecule has 0 unspecified atom stereocenters. The van der Waals surface area contributed by atoms with Crippen molar-refractivity contribution in [2.75, 3.05) is 11.2 Å². The molecular weight excluding hydrogens is 223 g/mol. The molecule has 1 rings (SSSR count). The zero-order valence-electron chi connectivity index (χ0n) is 7.59.